The first-order valence-corrected chi connectivity index (χ1v) is 9.62. The number of hydrogen-bond acceptors (Lipinski definition) is 6. The summed E-state index contributed by atoms with van der Waals surface area (Å²) in [6.07, 6.45) is 0. The summed E-state index contributed by atoms with van der Waals surface area (Å²) in [4.78, 5) is 24.3. The summed E-state index contributed by atoms with van der Waals surface area (Å²) in [6.45, 7) is 0. The topological polar surface area (TPSA) is 109 Å². The average molecular weight is 405 g/mol. The number of ether oxygens (including phenoxy) is 2. The molecule has 2 aromatic carbocycles. The van der Waals surface area contributed by atoms with E-state index in [4.69, 9.17) is 9.47 Å². The second kappa shape index (κ2) is 7.04. The first kappa shape index (κ1) is 19.5. The summed E-state index contributed by atoms with van der Waals surface area (Å²) in [7, 11) is 1.79. The molecular weight excluding hydrogens is 386 g/mol. The van der Waals surface area contributed by atoms with Crippen molar-refractivity contribution in [2.24, 2.45) is 14.1 Å². The van der Waals surface area contributed by atoms with Crippen molar-refractivity contribution in [2.75, 3.05) is 18.9 Å². The van der Waals surface area contributed by atoms with Crippen LogP contribution in [0, 0.1) is 0 Å². The Morgan fingerprint density at radius 1 is 0.893 bits per heavy atom. The van der Waals surface area contributed by atoms with Crippen molar-refractivity contribution in [2.45, 2.75) is 4.90 Å². The number of rotatable bonds is 5. The van der Waals surface area contributed by atoms with Crippen LogP contribution in [0.1, 0.15) is 0 Å². The first-order chi connectivity index (χ1) is 13.2. The molecule has 3 aromatic rings. The Bertz CT molecular complexity index is 1290. The van der Waals surface area contributed by atoms with Crippen LogP contribution in [0.4, 0.5) is 5.69 Å². The van der Waals surface area contributed by atoms with Crippen LogP contribution in [-0.4, -0.2) is 31.8 Å². The molecule has 0 fully saturated rings. The smallest absolute Gasteiger partial charge is 0.330 e. The highest BCUT2D eigenvalue weighted by molar-refractivity contribution is 7.92. The van der Waals surface area contributed by atoms with Crippen LogP contribution in [0.2, 0.25) is 0 Å². The maximum atomic E-state index is 12.8. The molecule has 0 atom stereocenters. The molecule has 0 amide bonds. The number of aryl methyl sites for hydroxylation is 1. The SMILES string of the molecule is COc1ccc(NS(=O)(=O)c2ccc3c(c2)c(=O)n(C)c(=O)n3C)cc1OC. The number of anilines is 1. The number of sulfonamides is 1. The standard InChI is InChI=1S/C18H19N3O6S/c1-20-14-7-6-12(10-13(14)17(22)21(2)18(20)23)28(24,25)19-11-5-8-15(26-3)16(9-11)27-4/h5-10,19H,1-4H3. The van der Waals surface area contributed by atoms with Crippen molar-refractivity contribution >= 4 is 26.6 Å². The molecule has 3 rings (SSSR count). The van der Waals surface area contributed by atoms with Crippen LogP contribution >= 0.6 is 0 Å². The van der Waals surface area contributed by atoms with Crippen molar-refractivity contribution in [1.29, 1.82) is 0 Å². The molecule has 28 heavy (non-hydrogen) atoms. The Hall–Kier alpha value is -3.27. The molecule has 0 aliphatic carbocycles. The molecule has 0 saturated carbocycles. The van der Waals surface area contributed by atoms with Gasteiger partial charge in [0.25, 0.3) is 15.6 Å². The molecule has 0 aliphatic heterocycles. The number of hydrogen-bond donors (Lipinski definition) is 1. The minimum atomic E-state index is -3.98. The fourth-order valence-corrected chi connectivity index (χ4v) is 3.93. The summed E-state index contributed by atoms with van der Waals surface area (Å²) in [5.74, 6) is 0.825. The van der Waals surface area contributed by atoms with Gasteiger partial charge in [-0.3, -0.25) is 18.7 Å². The largest absolute Gasteiger partial charge is 0.493 e. The van der Waals surface area contributed by atoms with Gasteiger partial charge in [-0.05, 0) is 30.3 Å². The summed E-state index contributed by atoms with van der Waals surface area (Å²) in [5, 5.41) is 0.125. The molecule has 10 heteroatoms. The Morgan fingerprint density at radius 2 is 1.57 bits per heavy atom. The molecule has 0 aliphatic rings. The second-order valence-corrected chi connectivity index (χ2v) is 7.74. The highest BCUT2D eigenvalue weighted by Crippen LogP contribution is 2.30. The number of aromatic nitrogens is 2. The fourth-order valence-electron chi connectivity index (χ4n) is 2.86. The lowest BCUT2D eigenvalue weighted by Crippen LogP contribution is -2.37. The van der Waals surface area contributed by atoms with E-state index in [-0.39, 0.29) is 16.0 Å². The molecule has 1 N–H and O–H groups in total. The van der Waals surface area contributed by atoms with Gasteiger partial charge in [0.15, 0.2) is 11.5 Å². The van der Waals surface area contributed by atoms with Gasteiger partial charge in [-0.2, -0.15) is 0 Å². The lowest BCUT2D eigenvalue weighted by atomic mass is 10.2. The van der Waals surface area contributed by atoms with Gasteiger partial charge in [0, 0.05) is 20.2 Å². The van der Waals surface area contributed by atoms with Crippen LogP contribution in [0.3, 0.4) is 0 Å². The van der Waals surface area contributed by atoms with Crippen molar-refractivity contribution in [3.63, 3.8) is 0 Å². The first-order valence-electron chi connectivity index (χ1n) is 8.14. The Balaban J connectivity index is 2.09. The predicted molar refractivity (Wildman–Crippen MR) is 105 cm³/mol. The third kappa shape index (κ3) is 3.22. The monoisotopic (exact) mass is 405 g/mol. The molecular formula is C18H19N3O6S. The normalized spacial score (nSPS) is 11.4. The minimum Gasteiger partial charge on any atom is -0.493 e. The second-order valence-electron chi connectivity index (χ2n) is 6.06. The van der Waals surface area contributed by atoms with Gasteiger partial charge >= 0.3 is 5.69 Å². The van der Waals surface area contributed by atoms with Crippen LogP contribution in [-0.2, 0) is 24.1 Å². The van der Waals surface area contributed by atoms with Crippen LogP contribution in [0.5, 0.6) is 11.5 Å². The summed E-state index contributed by atoms with van der Waals surface area (Å²) < 4.78 is 40.5. The quantitative estimate of drug-likeness (QED) is 0.680. The molecule has 1 aromatic heterocycles. The minimum absolute atomic E-state index is 0.106. The van der Waals surface area contributed by atoms with Gasteiger partial charge < -0.3 is 9.47 Å². The summed E-state index contributed by atoms with van der Waals surface area (Å²) >= 11 is 0. The fraction of sp³-hybridized carbons (Fsp3) is 0.222. The van der Waals surface area contributed by atoms with E-state index in [2.05, 4.69) is 4.72 Å². The average Bonchev–Trinajstić information content (AvgIpc) is 2.69. The van der Waals surface area contributed by atoms with Crippen molar-refractivity contribution < 1.29 is 17.9 Å². The van der Waals surface area contributed by atoms with E-state index in [1.807, 2.05) is 0 Å². The van der Waals surface area contributed by atoms with Gasteiger partial charge in [-0.15, -0.1) is 0 Å². The number of nitrogens with zero attached hydrogens (tertiary/aromatic N) is 2. The molecule has 148 valence electrons. The molecule has 0 spiro atoms. The summed E-state index contributed by atoms with van der Waals surface area (Å²) in [5.41, 5.74) is -0.442. The maximum absolute atomic E-state index is 12.8. The maximum Gasteiger partial charge on any atom is 0.330 e. The third-order valence-corrected chi connectivity index (χ3v) is 5.76. The zero-order valence-electron chi connectivity index (χ0n) is 15.7. The van der Waals surface area contributed by atoms with Gasteiger partial charge in [0.2, 0.25) is 0 Å². The van der Waals surface area contributed by atoms with E-state index >= 15 is 0 Å². The van der Waals surface area contributed by atoms with Crippen molar-refractivity contribution in [3.05, 3.63) is 57.2 Å². The van der Waals surface area contributed by atoms with E-state index in [1.54, 1.807) is 6.07 Å². The van der Waals surface area contributed by atoms with E-state index in [9.17, 15) is 18.0 Å². The highest BCUT2D eigenvalue weighted by Gasteiger charge is 2.18. The van der Waals surface area contributed by atoms with Crippen molar-refractivity contribution in [3.8, 4) is 11.5 Å². The van der Waals surface area contributed by atoms with Crippen LogP contribution in [0.15, 0.2) is 50.9 Å². The summed E-state index contributed by atoms with van der Waals surface area (Å²) in [6, 6.07) is 8.61. The lowest BCUT2D eigenvalue weighted by Gasteiger charge is -2.13. The number of nitrogens with one attached hydrogen (secondary N) is 1. The lowest BCUT2D eigenvalue weighted by molar-refractivity contribution is 0.355. The molecule has 0 bridgehead atoms. The third-order valence-electron chi connectivity index (χ3n) is 4.38. The molecule has 0 saturated heterocycles. The zero-order valence-corrected chi connectivity index (χ0v) is 16.5. The zero-order chi connectivity index (χ0) is 20.6. The van der Waals surface area contributed by atoms with Crippen LogP contribution in [0.25, 0.3) is 10.9 Å². The Kier molecular flexibility index (Phi) is 4.90. The number of fused-ring (bicyclic) bond motifs is 1. The number of benzene rings is 2. The van der Waals surface area contributed by atoms with Crippen LogP contribution < -0.4 is 25.4 Å². The van der Waals surface area contributed by atoms with E-state index in [1.165, 1.54) is 63.2 Å². The van der Waals surface area contributed by atoms with Gasteiger partial charge in [0.05, 0.1) is 35.7 Å². The highest BCUT2D eigenvalue weighted by atomic mass is 32.2. The molecule has 9 nitrogen and oxygen atoms in total. The van der Waals surface area contributed by atoms with Gasteiger partial charge in [-0.1, -0.05) is 0 Å². The van der Waals surface area contributed by atoms with Gasteiger partial charge in [0.1, 0.15) is 0 Å². The Labute approximate surface area is 160 Å². The molecule has 0 unspecified atom stereocenters. The number of methoxy groups -OCH3 is 2. The Morgan fingerprint density at radius 3 is 2.21 bits per heavy atom. The molecule has 1 heterocycles. The van der Waals surface area contributed by atoms with Crippen molar-refractivity contribution in [1.82, 2.24) is 9.13 Å². The van der Waals surface area contributed by atoms with E-state index in [0.29, 0.717) is 17.0 Å². The van der Waals surface area contributed by atoms with Gasteiger partial charge in [-0.25, -0.2) is 13.2 Å². The van der Waals surface area contributed by atoms with E-state index in [0.717, 1.165) is 4.57 Å². The molecule has 0 radical (unpaired) electrons. The van der Waals surface area contributed by atoms with E-state index < -0.39 is 21.3 Å². The predicted octanol–water partition coefficient (Wildman–Crippen LogP) is 1.06.